The van der Waals surface area contributed by atoms with Crippen molar-refractivity contribution < 1.29 is 22.7 Å². The van der Waals surface area contributed by atoms with Gasteiger partial charge in [-0.2, -0.15) is 0 Å². The Morgan fingerprint density at radius 3 is 2.57 bits per heavy atom. The van der Waals surface area contributed by atoms with E-state index < -0.39 is 21.8 Å². The van der Waals surface area contributed by atoms with Gasteiger partial charge in [-0.15, -0.1) is 11.3 Å². The van der Waals surface area contributed by atoms with Gasteiger partial charge in [0.2, 0.25) is 10.0 Å². The van der Waals surface area contributed by atoms with Gasteiger partial charge in [0, 0.05) is 5.38 Å². The number of thiazole rings is 1. The lowest BCUT2D eigenvalue weighted by atomic mass is 10.2. The molecule has 1 heterocycles. The van der Waals surface area contributed by atoms with Crippen LogP contribution in [-0.4, -0.2) is 24.5 Å². The first-order chi connectivity index (χ1) is 9.85. The average molecular weight is 330 g/mol. The van der Waals surface area contributed by atoms with Crippen LogP contribution < -0.4 is 4.72 Å². The minimum atomic E-state index is -3.61. The molecule has 0 saturated carbocycles. The molecule has 0 unspecified atom stereocenters. The zero-order chi connectivity index (χ0) is 15.5. The van der Waals surface area contributed by atoms with Crippen molar-refractivity contribution in [2.45, 2.75) is 12.3 Å². The molecule has 0 atom stereocenters. The number of halogens is 1. The Morgan fingerprint density at radius 1 is 1.33 bits per heavy atom. The van der Waals surface area contributed by atoms with Crippen molar-refractivity contribution in [3.63, 3.8) is 0 Å². The summed E-state index contributed by atoms with van der Waals surface area (Å²) in [6.45, 7) is -0.0819. The maximum Gasteiger partial charge on any atom is 0.355 e. The second-order valence-electron chi connectivity index (χ2n) is 4.14. The topological polar surface area (TPSA) is 96.4 Å². The number of aromatic carboxylic acids is 1. The van der Waals surface area contributed by atoms with E-state index in [1.54, 1.807) is 0 Å². The lowest BCUT2D eigenvalue weighted by molar-refractivity contribution is 0.0691. The minimum absolute atomic E-state index is 0.0819. The van der Waals surface area contributed by atoms with Gasteiger partial charge in [0.05, 0.1) is 12.3 Å². The van der Waals surface area contributed by atoms with Gasteiger partial charge in [-0.05, 0) is 17.7 Å². The first kappa shape index (κ1) is 15.5. The van der Waals surface area contributed by atoms with Crippen molar-refractivity contribution in [2.24, 2.45) is 0 Å². The summed E-state index contributed by atoms with van der Waals surface area (Å²) in [6, 6.07) is 5.15. The van der Waals surface area contributed by atoms with Crippen molar-refractivity contribution in [1.82, 2.24) is 9.71 Å². The summed E-state index contributed by atoms with van der Waals surface area (Å²) in [6.07, 6.45) is 0. The Morgan fingerprint density at radius 2 is 2.00 bits per heavy atom. The van der Waals surface area contributed by atoms with Crippen molar-refractivity contribution >= 4 is 27.3 Å². The molecule has 0 radical (unpaired) electrons. The van der Waals surface area contributed by atoms with Gasteiger partial charge in [0.25, 0.3) is 0 Å². The number of hydrogen-bond donors (Lipinski definition) is 2. The van der Waals surface area contributed by atoms with E-state index in [4.69, 9.17) is 5.11 Å². The third-order valence-corrected chi connectivity index (χ3v) is 4.63. The molecule has 21 heavy (non-hydrogen) atoms. The number of benzene rings is 1. The molecule has 1 aromatic heterocycles. The molecule has 0 fully saturated rings. The summed E-state index contributed by atoms with van der Waals surface area (Å²) in [7, 11) is -3.61. The Balaban J connectivity index is 1.97. The van der Waals surface area contributed by atoms with Gasteiger partial charge in [0.1, 0.15) is 10.8 Å². The molecule has 0 spiro atoms. The van der Waals surface area contributed by atoms with Crippen molar-refractivity contribution in [3.05, 3.63) is 51.7 Å². The van der Waals surface area contributed by atoms with Crippen LogP contribution in [-0.2, 0) is 22.3 Å². The Kier molecular flexibility index (Phi) is 4.66. The molecular weight excluding hydrogens is 319 g/mol. The fourth-order valence-corrected chi connectivity index (χ4v) is 3.40. The van der Waals surface area contributed by atoms with Crippen LogP contribution in [0.2, 0.25) is 0 Å². The zero-order valence-electron chi connectivity index (χ0n) is 10.6. The maximum absolute atomic E-state index is 12.7. The summed E-state index contributed by atoms with van der Waals surface area (Å²) in [4.78, 5) is 14.4. The van der Waals surface area contributed by atoms with Crippen LogP contribution in [0.1, 0.15) is 21.1 Å². The molecule has 0 bridgehead atoms. The van der Waals surface area contributed by atoms with Crippen LogP contribution >= 0.6 is 11.3 Å². The second kappa shape index (κ2) is 6.29. The van der Waals surface area contributed by atoms with Crippen LogP contribution in [0.3, 0.4) is 0 Å². The fourth-order valence-electron chi connectivity index (χ4n) is 1.51. The van der Waals surface area contributed by atoms with Crippen LogP contribution in [0.15, 0.2) is 29.6 Å². The summed E-state index contributed by atoms with van der Waals surface area (Å²) in [5, 5.41) is 10.4. The van der Waals surface area contributed by atoms with Crippen molar-refractivity contribution in [1.29, 1.82) is 0 Å². The van der Waals surface area contributed by atoms with Crippen LogP contribution in [0.4, 0.5) is 4.39 Å². The molecule has 9 heteroatoms. The molecule has 6 nitrogen and oxygen atoms in total. The number of nitrogens with one attached hydrogen (secondary N) is 1. The SMILES string of the molecule is O=C(O)c1csc(CNS(=O)(=O)Cc2ccc(F)cc2)n1. The van der Waals surface area contributed by atoms with E-state index in [1.165, 1.54) is 29.6 Å². The lowest BCUT2D eigenvalue weighted by Crippen LogP contribution is -2.24. The highest BCUT2D eigenvalue weighted by molar-refractivity contribution is 7.88. The predicted molar refractivity (Wildman–Crippen MR) is 74.9 cm³/mol. The third-order valence-electron chi connectivity index (χ3n) is 2.48. The van der Waals surface area contributed by atoms with E-state index in [0.717, 1.165) is 11.3 Å². The number of nitrogens with zero attached hydrogens (tertiary/aromatic N) is 1. The van der Waals surface area contributed by atoms with E-state index in [9.17, 15) is 17.6 Å². The number of sulfonamides is 1. The highest BCUT2D eigenvalue weighted by Crippen LogP contribution is 2.11. The number of hydrogen-bond acceptors (Lipinski definition) is 5. The Bertz CT molecular complexity index is 741. The lowest BCUT2D eigenvalue weighted by Gasteiger charge is -2.05. The summed E-state index contributed by atoms with van der Waals surface area (Å²) < 4.78 is 38.8. The van der Waals surface area contributed by atoms with E-state index in [2.05, 4.69) is 9.71 Å². The van der Waals surface area contributed by atoms with Crippen molar-refractivity contribution in [2.75, 3.05) is 0 Å². The quantitative estimate of drug-likeness (QED) is 0.838. The van der Waals surface area contributed by atoms with Crippen LogP contribution in [0.25, 0.3) is 0 Å². The van der Waals surface area contributed by atoms with Gasteiger partial charge in [-0.25, -0.2) is 27.3 Å². The predicted octanol–water partition coefficient (Wildman–Crippen LogP) is 1.60. The molecule has 0 amide bonds. The molecule has 112 valence electrons. The number of rotatable bonds is 6. The monoisotopic (exact) mass is 330 g/mol. The molecule has 2 aromatic rings. The Hall–Kier alpha value is -1.84. The van der Waals surface area contributed by atoms with Gasteiger partial charge < -0.3 is 5.11 Å². The van der Waals surface area contributed by atoms with Crippen LogP contribution in [0.5, 0.6) is 0 Å². The number of aromatic nitrogens is 1. The molecule has 0 saturated heterocycles. The molecule has 2 N–H and O–H groups in total. The van der Waals surface area contributed by atoms with Crippen LogP contribution in [0, 0.1) is 5.82 Å². The summed E-state index contributed by atoms with van der Waals surface area (Å²) >= 11 is 1.06. The summed E-state index contributed by atoms with van der Waals surface area (Å²) in [5.74, 6) is -1.88. The van der Waals surface area contributed by atoms with E-state index in [-0.39, 0.29) is 18.0 Å². The second-order valence-corrected chi connectivity index (χ2v) is 6.89. The number of carboxylic acid groups (broad SMARTS) is 1. The van der Waals surface area contributed by atoms with Gasteiger partial charge in [-0.1, -0.05) is 12.1 Å². The first-order valence-electron chi connectivity index (χ1n) is 5.75. The van der Waals surface area contributed by atoms with Gasteiger partial charge >= 0.3 is 5.97 Å². The first-order valence-corrected chi connectivity index (χ1v) is 8.28. The molecule has 0 aliphatic heterocycles. The number of carbonyl (C=O) groups is 1. The highest BCUT2D eigenvalue weighted by Gasteiger charge is 2.14. The molecule has 1 aromatic carbocycles. The van der Waals surface area contributed by atoms with Crippen molar-refractivity contribution in [3.8, 4) is 0 Å². The smallest absolute Gasteiger partial charge is 0.355 e. The van der Waals surface area contributed by atoms with Gasteiger partial charge in [-0.3, -0.25) is 0 Å². The largest absolute Gasteiger partial charge is 0.476 e. The highest BCUT2D eigenvalue weighted by atomic mass is 32.2. The minimum Gasteiger partial charge on any atom is -0.476 e. The molecule has 0 aliphatic rings. The molecular formula is C12H11FN2O4S2. The van der Waals surface area contributed by atoms with E-state index in [1.807, 2.05) is 0 Å². The normalized spacial score (nSPS) is 11.5. The van der Waals surface area contributed by atoms with E-state index in [0.29, 0.717) is 10.6 Å². The van der Waals surface area contributed by atoms with E-state index >= 15 is 0 Å². The van der Waals surface area contributed by atoms with Gasteiger partial charge in [0.15, 0.2) is 5.69 Å². The standard InChI is InChI=1S/C12H11FN2O4S2/c13-9-3-1-8(2-4-9)7-21(18,19)14-5-11-15-10(6-20-11)12(16)17/h1-4,6,14H,5,7H2,(H,16,17). The third kappa shape index (κ3) is 4.59. The summed E-state index contributed by atoms with van der Waals surface area (Å²) in [5.41, 5.74) is 0.335. The molecule has 2 rings (SSSR count). The fraction of sp³-hybridized carbons (Fsp3) is 0.167. The molecule has 0 aliphatic carbocycles. The Labute approximate surface area is 124 Å². The maximum atomic E-state index is 12.7. The zero-order valence-corrected chi connectivity index (χ0v) is 12.2. The number of carboxylic acids is 1. The average Bonchev–Trinajstić information content (AvgIpc) is 2.88.